The van der Waals surface area contributed by atoms with Crippen LogP contribution in [0.4, 0.5) is 0 Å². The maximum Gasteiger partial charge on any atom is 0.223 e. The molecule has 0 heterocycles. The average molecular weight is 190 g/mol. The highest BCUT2D eigenvalue weighted by Gasteiger charge is 2.28. The predicted molar refractivity (Wildman–Crippen MR) is 50.3 cm³/mol. The molecule has 3 heteroatoms. The summed E-state index contributed by atoms with van der Waals surface area (Å²) in [5.74, 6) is 0.565. The van der Waals surface area contributed by atoms with Gasteiger partial charge in [0.2, 0.25) is 5.91 Å². The van der Waals surface area contributed by atoms with E-state index in [1.54, 1.807) is 0 Å². The molecule has 0 aromatic carbocycles. The third-order valence-corrected chi connectivity index (χ3v) is 2.24. The van der Waals surface area contributed by atoms with Gasteiger partial charge in [0.25, 0.3) is 0 Å². The zero-order valence-electron chi connectivity index (χ0n) is 7.48. The number of hydrogen-bond acceptors (Lipinski definition) is 1. The first-order chi connectivity index (χ1) is 5.70. The van der Waals surface area contributed by atoms with Crippen molar-refractivity contribution in [2.45, 2.75) is 38.0 Å². The monoisotopic (exact) mass is 189 g/mol. The van der Waals surface area contributed by atoms with Crippen molar-refractivity contribution < 1.29 is 4.79 Å². The van der Waals surface area contributed by atoms with E-state index < -0.39 is 0 Å². The fourth-order valence-corrected chi connectivity index (χ4v) is 1.24. The molecule has 1 saturated carbocycles. The molecule has 1 unspecified atom stereocenters. The lowest BCUT2D eigenvalue weighted by Gasteiger charge is -2.04. The molecule has 0 spiro atoms. The third-order valence-electron chi connectivity index (χ3n) is 2.03. The Morgan fingerprint density at radius 1 is 1.67 bits per heavy atom. The summed E-state index contributed by atoms with van der Waals surface area (Å²) >= 11 is 5.76. The number of carbonyl (C=O) groups excluding carboxylic acids is 1. The van der Waals surface area contributed by atoms with Gasteiger partial charge in [-0.15, -0.1) is 11.6 Å². The lowest BCUT2D eigenvalue weighted by molar-refractivity contribution is -0.122. The summed E-state index contributed by atoms with van der Waals surface area (Å²) in [6.45, 7) is 2.76. The highest BCUT2D eigenvalue weighted by atomic mass is 35.5. The van der Waals surface area contributed by atoms with E-state index in [0.29, 0.717) is 5.92 Å². The molecule has 1 fully saturated rings. The molecule has 1 aliphatic carbocycles. The van der Waals surface area contributed by atoms with E-state index in [4.69, 9.17) is 11.6 Å². The van der Waals surface area contributed by atoms with Gasteiger partial charge in [-0.3, -0.25) is 4.79 Å². The Labute approximate surface area is 78.7 Å². The normalized spacial score (nSPS) is 18.8. The molecule has 0 aliphatic heterocycles. The van der Waals surface area contributed by atoms with Crippen LogP contribution < -0.4 is 5.32 Å². The molecule has 1 atom stereocenters. The summed E-state index contributed by atoms with van der Waals surface area (Å²) < 4.78 is 0. The molecule has 1 rings (SSSR count). The smallest absolute Gasteiger partial charge is 0.223 e. The van der Waals surface area contributed by atoms with E-state index in [1.165, 1.54) is 0 Å². The topological polar surface area (TPSA) is 29.1 Å². The zero-order chi connectivity index (χ0) is 8.97. The van der Waals surface area contributed by atoms with Crippen LogP contribution in [0, 0.1) is 5.92 Å². The molecule has 0 saturated heterocycles. The maximum absolute atomic E-state index is 11.1. The number of hydrogen-bond donors (Lipinski definition) is 1. The second-order valence-corrected chi connectivity index (χ2v) is 4.23. The van der Waals surface area contributed by atoms with Crippen LogP contribution in [0.25, 0.3) is 0 Å². The fourth-order valence-electron chi connectivity index (χ4n) is 1.08. The van der Waals surface area contributed by atoms with Gasteiger partial charge >= 0.3 is 0 Å². The van der Waals surface area contributed by atoms with Gasteiger partial charge in [0.1, 0.15) is 0 Å². The molecular formula is C9H16ClNO. The minimum absolute atomic E-state index is 0.225. The molecule has 1 amide bonds. The van der Waals surface area contributed by atoms with Crippen LogP contribution in [0.2, 0.25) is 0 Å². The summed E-state index contributed by atoms with van der Waals surface area (Å²) in [5, 5.41) is 3.13. The van der Waals surface area contributed by atoms with E-state index in [1.807, 2.05) is 6.92 Å². The largest absolute Gasteiger partial charge is 0.356 e. The summed E-state index contributed by atoms with van der Waals surface area (Å²) in [6.07, 6.45) is 4.13. The van der Waals surface area contributed by atoms with Crippen LogP contribution in [0.1, 0.15) is 32.6 Å². The first-order valence-corrected chi connectivity index (χ1v) is 5.05. The van der Waals surface area contributed by atoms with Crippen LogP contribution in [0.3, 0.4) is 0 Å². The van der Waals surface area contributed by atoms with Crippen LogP contribution in [-0.4, -0.2) is 17.8 Å². The Hall–Kier alpha value is -0.240. The predicted octanol–water partition coefficient (Wildman–Crippen LogP) is 1.92. The van der Waals surface area contributed by atoms with Crippen LogP contribution >= 0.6 is 11.6 Å². The molecular weight excluding hydrogens is 174 g/mol. The van der Waals surface area contributed by atoms with Gasteiger partial charge in [0, 0.05) is 17.8 Å². The van der Waals surface area contributed by atoms with E-state index in [-0.39, 0.29) is 11.3 Å². The van der Waals surface area contributed by atoms with Crippen LogP contribution in [0.5, 0.6) is 0 Å². The van der Waals surface area contributed by atoms with Gasteiger partial charge in [0.15, 0.2) is 0 Å². The Morgan fingerprint density at radius 2 is 2.33 bits per heavy atom. The quantitative estimate of drug-likeness (QED) is 0.520. The lowest BCUT2D eigenvalue weighted by Crippen LogP contribution is -2.26. The van der Waals surface area contributed by atoms with Crippen LogP contribution in [0.15, 0.2) is 0 Å². The molecule has 0 bridgehead atoms. The highest BCUT2D eigenvalue weighted by molar-refractivity contribution is 6.20. The molecule has 0 radical (unpaired) electrons. The SMILES string of the molecule is CC(Cl)CCCNC(=O)C1CC1. The fraction of sp³-hybridized carbons (Fsp3) is 0.889. The van der Waals surface area contributed by atoms with Crippen molar-refractivity contribution >= 4 is 17.5 Å². The molecule has 1 N–H and O–H groups in total. The summed E-state index contributed by atoms with van der Waals surface area (Å²) in [5.41, 5.74) is 0. The van der Waals surface area contributed by atoms with Gasteiger partial charge in [0.05, 0.1) is 0 Å². The number of halogens is 1. The zero-order valence-corrected chi connectivity index (χ0v) is 8.23. The minimum atomic E-state index is 0.225. The number of nitrogens with one attached hydrogen (secondary N) is 1. The first-order valence-electron chi connectivity index (χ1n) is 4.62. The molecule has 70 valence electrons. The Balaban J connectivity index is 1.91. The van der Waals surface area contributed by atoms with Crippen molar-refractivity contribution in [2.24, 2.45) is 5.92 Å². The molecule has 0 aromatic rings. The van der Waals surface area contributed by atoms with Crippen molar-refractivity contribution in [2.75, 3.05) is 6.54 Å². The van der Waals surface area contributed by atoms with E-state index in [0.717, 1.165) is 32.2 Å². The van der Waals surface area contributed by atoms with E-state index in [2.05, 4.69) is 5.32 Å². The van der Waals surface area contributed by atoms with Gasteiger partial charge < -0.3 is 5.32 Å². The molecule has 0 aromatic heterocycles. The molecule has 2 nitrogen and oxygen atoms in total. The number of alkyl halides is 1. The number of rotatable bonds is 5. The van der Waals surface area contributed by atoms with Gasteiger partial charge in [-0.1, -0.05) is 0 Å². The van der Waals surface area contributed by atoms with Crippen LogP contribution in [-0.2, 0) is 4.79 Å². The van der Waals surface area contributed by atoms with Crippen molar-refractivity contribution in [1.82, 2.24) is 5.32 Å². The van der Waals surface area contributed by atoms with E-state index in [9.17, 15) is 4.79 Å². The Kier molecular flexibility index (Phi) is 3.86. The summed E-state index contributed by atoms with van der Waals surface area (Å²) in [4.78, 5) is 11.1. The average Bonchev–Trinajstić information content (AvgIpc) is 2.79. The second-order valence-electron chi connectivity index (χ2n) is 3.49. The van der Waals surface area contributed by atoms with Crippen molar-refractivity contribution in [3.63, 3.8) is 0 Å². The van der Waals surface area contributed by atoms with Gasteiger partial charge in [-0.25, -0.2) is 0 Å². The number of amides is 1. The summed E-state index contributed by atoms with van der Waals surface area (Å²) in [6, 6.07) is 0. The standard InChI is InChI=1S/C9H16ClNO/c1-7(10)3-2-6-11-9(12)8-4-5-8/h7-8H,2-6H2,1H3,(H,11,12). The lowest BCUT2D eigenvalue weighted by atomic mass is 10.2. The minimum Gasteiger partial charge on any atom is -0.356 e. The molecule has 12 heavy (non-hydrogen) atoms. The third kappa shape index (κ3) is 3.96. The van der Waals surface area contributed by atoms with Gasteiger partial charge in [-0.2, -0.15) is 0 Å². The Morgan fingerprint density at radius 3 is 2.83 bits per heavy atom. The Bertz CT molecular complexity index is 155. The second kappa shape index (κ2) is 4.70. The maximum atomic E-state index is 11.1. The van der Waals surface area contributed by atoms with Gasteiger partial charge in [-0.05, 0) is 32.6 Å². The van der Waals surface area contributed by atoms with Crippen molar-refractivity contribution in [1.29, 1.82) is 0 Å². The summed E-state index contributed by atoms with van der Waals surface area (Å²) in [7, 11) is 0. The number of carbonyl (C=O) groups is 1. The van der Waals surface area contributed by atoms with E-state index >= 15 is 0 Å². The van der Waals surface area contributed by atoms with Crippen molar-refractivity contribution in [3.8, 4) is 0 Å². The molecule has 1 aliphatic rings. The first kappa shape index (κ1) is 9.85. The van der Waals surface area contributed by atoms with Crippen molar-refractivity contribution in [3.05, 3.63) is 0 Å². The highest BCUT2D eigenvalue weighted by Crippen LogP contribution is 2.28.